The van der Waals surface area contributed by atoms with Crippen LogP contribution in [0, 0.1) is 24.5 Å². The van der Waals surface area contributed by atoms with Gasteiger partial charge in [-0.05, 0) is 68.6 Å². The quantitative estimate of drug-likeness (QED) is 0.589. The number of benzene rings is 2. The predicted molar refractivity (Wildman–Crippen MR) is 120 cm³/mol. The Hall–Kier alpha value is -3.12. The monoisotopic (exact) mass is 435 g/mol. The Morgan fingerprint density at radius 2 is 1.81 bits per heavy atom. The molecule has 0 radical (unpaired) electrons. The van der Waals surface area contributed by atoms with Crippen LogP contribution >= 0.6 is 0 Å². The summed E-state index contributed by atoms with van der Waals surface area (Å²) in [6.07, 6.45) is 3.39. The van der Waals surface area contributed by atoms with Gasteiger partial charge in [0.1, 0.15) is 0 Å². The summed E-state index contributed by atoms with van der Waals surface area (Å²) in [5.74, 6) is -1.49. The molecule has 1 aliphatic rings. The van der Waals surface area contributed by atoms with Crippen molar-refractivity contribution in [2.75, 3.05) is 13.1 Å². The van der Waals surface area contributed by atoms with Crippen molar-refractivity contribution in [1.82, 2.24) is 15.2 Å². The van der Waals surface area contributed by atoms with E-state index in [9.17, 15) is 13.6 Å². The molecule has 1 saturated heterocycles. The molecule has 0 unspecified atom stereocenters. The number of likely N-dealkylation sites (tertiary alicyclic amines) is 1. The molecule has 0 saturated carbocycles. The number of nitrogens with one attached hydrogen (secondary N) is 1. The summed E-state index contributed by atoms with van der Waals surface area (Å²) in [5.41, 5.74) is 2.80. The van der Waals surface area contributed by atoms with Gasteiger partial charge in [-0.3, -0.25) is 14.7 Å². The maximum atomic E-state index is 14.1. The van der Waals surface area contributed by atoms with E-state index < -0.39 is 11.6 Å². The molecule has 2 heterocycles. The Bertz CT molecular complexity index is 1070. The van der Waals surface area contributed by atoms with Gasteiger partial charge in [0.05, 0.1) is 11.7 Å². The average Bonchev–Trinajstić information content (AvgIpc) is 2.82. The first-order chi connectivity index (χ1) is 15.5. The van der Waals surface area contributed by atoms with Crippen molar-refractivity contribution < 1.29 is 13.6 Å². The zero-order valence-corrected chi connectivity index (χ0v) is 18.1. The molecule has 0 spiro atoms. The van der Waals surface area contributed by atoms with Crippen molar-refractivity contribution in [3.63, 3.8) is 0 Å². The summed E-state index contributed by atoms with van der Waals surface area (Å²) in [5, 5.41) is 3.21. The first kappa shape index (κ1) is 22.1. The molecule has 1 aliphatic heterocycles. The fourth-order valence-corrected chi connectivity index (χ4v) is 4.40. The number of piperidine rings is 1. The minimum atomic E-state index is -0.813. The molecule has 1 fully saturated rings. The van der Waals surface area contributed by atoms with Crippen molar-refractivity contribution in [3.05, 3.63) is 101 Å². The SMILES string of the molecule is Cc1ccccc1C(=O)N[C@@H](c1ccccn1)C1CCN(Cc2cccc(F)c2F)CC1. The summed E-state index contributed by atoms with van der Waals surface area (Å²) >= 11 is 0. The molecular weight excluding hydrogens is 408 g/mol. The molecule has 0 bridgehead atoms. The van der Waals surface area contributed by atoms with Gasteiger partial charge in [-0.2, -0.15) is 0 Å². The standard InChI is InChI=1S/C26H27F2N3O/c1-18-7-2-3-9-21(18)26(32)30-25(23-11-4-5-14-29-23)19-12-15-31(16-13-19)17-20-8-6-10-22(27)24(20)28/h2-11,14,19,25H,12-13,15-17H2,1H3,(H,30,32)/t25-/m1/s1. The van der Waals surface area contributed by atoms with Crippen LogP contribution in [0.5, 0.6) is 0 Å². The lowest BCUT2D eigenvalue weighted by molar-refractivity contribution is 0.0887. The Labute approximate surface area is 187 Å². The van der Waals surface area contributed by atoms with E-state index in [1.54, 1.807) is 18.3 Å². The van der Waals surface area contributed by atoms with Gasteiger partial charge in [0.25, 0.3) is 5.91 Å². The van der Waals surface area contributed by atoms with E-state index in [1.807, 2.05) is 49.4 Å². The van der Waals surface area contributed by atoms with E-state index in [0.717, 1.165) is 43.3 Å². The van der Waals surface area contributed by atoms with Crippen LogP contribution < -0.4 is 5.32 Å². The van der Waals surface area contributed by atoms with E-state index in [2.05, 4.69) is 15.2 Å². The minimum absolute atomic E-state index is 0.108. The van der Waals surface area contributed by atoms with Gasteiger partial charge in [-0.15, -0.1) is 0 Å². The largest absolute Gasteiger partial charge is 0.343 e. The van der Waals surface area contributed by atoms with Crippen molar-refractivity contribution in [1.29, 1.82) is 0 Å². The third-order valence-electron chi connectivity index (χ3n) is 6.21. The van der Waals surface area contributed by atoms with E-state index >= 15 is 0 Å². The molecule has 2 aromatic carbocycles. The predicted octanol–water partition coefficient (Wildman–Crippen LogP) is 5.05. The molecule has 1 amide bonds. The summed E-state index contributed by atoms with van der Waals surface area (Å²) in [6, 6.07) is 17.4. The van der Waals surface area contributed by atoms with Gasteiger partial charge in [0.15, 0.2) is 11.6 Å². The number of aryl methyl sites for hydroxylation is 1. The normalized spacial score (nSPS) is 16.0. The Balaban J connectivity index is 1.46. The highest BCUT2D eigenvalue weighted by Crippen LogP contribution is 2.31. The second-order valence-corrected chi connectivity index (χ2v) is 8.35. The number of amides is 1. The first-order valence-corrected chi connectivity index (χ1v) is 11.0. The smallest absolute Gasteiger partial charge is 0.252 e. The van der Waals surface area contributed by atoms with Crippen LogP contribution in [0.25, 0.3) is 0 Å². The van der Waals surface area contributed by atoms with Gasteiger partial charge in [-0.1, -0.05) is 36.4 Å². The molecule has 1 N–H and O–H groups in total. The van der Waals surface area contributed by atoms with Gasteiger partial charge in [0, 0.05) is 23.9 Å². The van der Waals surface area contributed by atoms with Crippen molar-refractivity contribution >= 4 is 5.91 Å². The van der Waals surface area contributed by atoms with Crippen LogP contribution in [0.3, 0.4) is 0 Å². The van der Waals surface area contributed by atoms with Crippen LogP contribution in [-0.4, -0.2) is 28.9 Å². The third kappa shape index (κ3) is 5.02. The number of aromatic nitrogens is 1. The van der Waals surface area contributed by atoms with E-state index in [-0.39, 0.29) is 17.9 Å². The molecule has 4 nitrogen and oxygen atoms in total. The van der Waals surface area contributed by atoms with Crippen molar-refractivity contribution in [3.8, 4) is 0 Å². The van der Waals surface area contributed by atoms with Crippen LogP contribution in [-0.2, 0) is 6.54 Å². The summed E-state index contributed by atoms with van der Waals surface area (Å²) in [4.78, 5) is 19.7. The second kappa shape index (κ2) is 10.0. The van der Waals surface area contributed by atoms with Crippen molar-refractivity contribution in [2.45, 2.75) is 32.4 Å². The molecule has 32 heavy (non-hydrogen) atoms. The zero-order chi connectivity index (χ0) is 22.5. The molecule has 3 aromatic rings. The van der Waals surface area contributed by atoms with Crippen LogP contribution in [0.1, 0.15) is 46.1 Å². The summed E-state index contributed by atoms with van der Waals surface area (Å²) in [6.45, 7) is 3.78. The topological polar surface area (TPSA) is 45.2 Å². The summed E-state index contributed by atoms with van der Waals surface area (Å²) in [7, 11) is 0. The Morgan fingerprint density at radius 3 is 2.53 bits per heavy atom. The molecular formula is C26H27F2N3O. The molecule has 1 atom stereocenters. The number of hydrogen-bond acceptors (Lipinski definition) is 3. The number of nitrogens with zero attached hydrogens (tertiary/aromatic N) is 2. The highest BCUT2D eigenvalue weighted by atomic mass is 19.2. The molecule has 4 rings (SSSR count). The lowest BCUT2D eigenvalue weighted by Crippen LogP contribution is -2.41. The van der Waals surface area contributed by atoms with Gasteiger partial charge >= 0.3 is 0 Å². The highest BCUT2D eigenvalue weighted by Gasteiger charge is 2.30. The minimum Gasteiger partial charge on any atom is -0.343 e. The average molecular weight is 436 g/mol. The number of carbonyl (C=O) groups excluding carboxylic acids is 1. The zero-order valence-electron chi connectivity index (χ0n) is 18.1. The van der Waals surface area contributed by atoms with Crippen LogP contribution in [0.15, 0.2) is 66.9 Å². The second-order valence-electron chi connectivity index (χ2n) is 8.35. The fourth-order valence-electron chi connectivity index (χ4n) is 4.40. The number of rotatable bonds is 6. The lowest BCUT2D eigenvalue weighted by Gasteiger charge is -2.36. The van der Waals surface area contributed by atoms with E-state index in [1.165, 1.54) is 0 Å². The first-order valence-electron chi connectivity index (χ1n) is 11.0. The lowest BCUT2D eigenvalue weighted by atomic mass is 9.86. The number of carbonyl (C=O) groups is 1. The maximum Gasteiger partial charge on any atom is 0.252 e. The maximum absolute atomic E-state index is 14.1. The molecule has 0 aliphatic carbocycles. The van der Waals surface area contributed by atoms with E-state index in [4.69, 9.17) is 0 Å². The van der Waals surface area contributed by atoms with Gasteiger partial charge in [0.2, 0.25) is 0 Å². The van der Waals surface area contributed by atoms with Crippen LogP contribution in [0.2, 0.25) is 0 Å². The van der Waals surface area contributed by atoms with Crippen molar-refractivity contribution in [2.24, 2.45) is 5.92 Å². The molecule has 1 aromatic heterocycles. The number of hydrogen-bond donors (Lipinski definition) is 1. The third-order valence-corrected chi connectivity index (χ3v) is 6.21. The highest BCUT2D eigenvalue weighted by molar-refractivity contribution is 5.95. The Kier molecular flexibility index (Phi) is 6.90. The van der Waals surface area contributed by atoms with E-state index in [0.29, 0.717) is 17.7 Å². The van der Waals surface area contributed by atoms with Crippen LogP contribution in [0.4, 0.5) is 8.78 Å². The number of pyridine rings is 1. The van der Waals surface area contributed by atoms with Gasteiger partial charge in [-0.25, -0.2) is 8.78 Å². The Morgan fingerprint density at radius 1 is 1.06 bits per heavy atom. The molecule has 6 heteroatoms. The summed E-state index contributed by atoms with van der Waals surface area (Å²) < 4.78 is 27.6. The number of halogens is 2. The molecule has 166 valence electrons. The fraction of sp³-hybridized carbons (Fsp3) is 0.308. The van der Waals surface area contributed by atoms with Gasteiger partial charge < -0.3 is 5.32 Å².